The van der Waals surface area contributed by atoms with Gasteiger partial charge in [0.05, 0.1) is 18.1 Å². The number of halogens is 2. The van der Waals surface area contributed by atoms with Gasteiger partial charge in [0.2, 0.25) is 10.0 Å². The molecule has 0 bridgehead atoms. The van der Waals surface area contributed by atoms with E-state index in [0.29, 0.717) is 11.0 Å². The van der Waals surface area contributed by atoms with Crippen LogP contribution in [0, 0.1) is 0 Å². The molecular weight excluding hydrogens is 424 g/mol. The SMILES string of the molecule is O=S(=O)(NCCCN1CCOCC1)c1cc(Br)ccc1Br. The van der Waals surface area contributed by atoms with Gasteiger partial charge < -0.3 is 4.74 Å². The molecule has 0 spiro atoms. The number of sulfonamides is 1. The summed E-state index contributed by atoms with van der Waals surface area (Å²) in [5.41, 5.74) is 0. The first kappa shape index (κ1) is 17.4. The fraction of sp³-hybridized carbons (Fsp3) is 0.538. The molecule has 2 rings (SSSR count). The van der Waals surface area contributed by atoms with Gasteiger partial charge in [0.25, 0.3) is 0 Å². The minimum absolute atomic E-state index is 0.253. The Kier molecular flexibility index (Phi) is 6.64. The summed E-state index contributed by atoms with van der Waals surface area (Å²) in [4.78, 5) is 2.54. The molecule has 5 nitrogen and oxygen atoms in total. The van der Waals surface area contributed by atoms with E-state index in [4.69, 9.17) is 4.74 Å². The first-order valence-corrected chi connectivity index (χ1v) is 9.81. The van der Waals surface area contributed by atoms with Gasteiger partial charge in [-0.25, -0.2) is 13.1 Å². The first-order chi connectivity index (χ1) is 9.99. The highest BCUT2D eigenvalue weighted by molar-refractivity contribution is 9.11. The average Bonchev–Trinajstić information content (AvgIpc) is 2.47. The first-order valence-electron chi connectivity index (χ1n) is 6.74. The van der Waals surface area contributed by atoms with E-state index in [1.165, 1.54) is 0 Å². The zero-order valence-corrected chi connectivity index (χ0v) is 15.5. The minimum atomic E-state index is -3.49. The van der Waals surface area contributed by atoms with Crippen LogP contribution in [0.1, 0.15) is 6.42 Å². The van der Waals surface area contributed by atoms with Gasteiger partial charge in [0, 0.05) is 28.6 Å². The molecular formula is C13H18Br2N2O3S. The van der Waals surface area contributed by atoms with Crippen LogP contribution >= 0.6 is 31.9 Å². The lowest BCUT2D eigenvalue weighted by molar-refractivity contribution is 0.0376. The second kappa shape index (κ2) is 8.03. The fourth-order valence-corrected chi connectivity index (χ4v) is 4.67. The lowest BCUT2D eigenvalue weighted by Crippen LogP contribution is -2.38. The molecule has 0 aliphatic carbocycles. The molecule has 1 aliphatic rings. The Morgan fingerprint density at radius 2 is 1.95 bits per heavy atom. The van der Waals surface area contributed by atoms with Crippen molar-refractivity contribution in [3.05, 3.63) is 27.1 Å². The van der Waals surface area contributed by atoms with Gasteiger partial charge in [-0.1, -0.05) is 15.9 Å². The largest absolute Gasteiger partial charge is 0.379 e. The Morgan fingerprint density at radius 1 is 1.24 bits per heavy atom. The maximum Gasteiger partial charge on any atom is 0.241 e. The predicted molar refractivity (Wildman–Crippen MR) is 88.9 cm³/mol. The molecule has 0 unspecified atom stereocenters. The number of nitrogens with zero attached hydrogens (tertiary/aromatic N) is 1. The van der Waals surface area contributed by atoms with Crippen LogP contribution in [0.15, 0.2) is 32.0 Å². The smallest absolute Gasteiger partial charge is 0.241 e. The number of ether oxygens (including phenoxy) is 1. The molecule has 1 aromatic carbocycles. The van der Waals surface area contributed by atoms with Gasteiger partial charge in [-0.15, -0.1) is 0 Å². The van der Waals surface area contributed by atoms with Gasteiger partial charge in [0.1, 0.15) is 0 Å². The van der Waals surface area contributed by atoms with Crippen LogP contribution in [0.25, 0.3) is 0 Å². The molecule has 1 fully saturated rings. The molecule has 0 aromatic heterocycles. The summed E-state index contributed by atoms with van der Waals surface area (Å²) >= 11 is 6.57. The van der Waals surface area contributed by atoms with Crippen molar-refractivity contribution in [2.75, 3.05) is 39.4 Å². The van der Waals surface area contributed by atoms with Crippen molar-refractivity contribution >= 4 is 41.9 Å². The zero-order valence-electron chi connectivity index (χ0n) is 11.5. The number of hydrogen-bond acceptors (Lipinski definition) is 4. The summed E-state index contributed by atoms with van der Waals surface area (Å²) in [6, 6.07) is 5.10. The topological polar surface area (TPSA) is 58.6 Å². The van der Waals surface area contributed by atoms with Crippen LogP contribution in [0.5, 0.6) is 0 Å². The van der Waals surface area contributed by atoms with Crippen LogP contribution in [-0.2, 0) is 14.8 Å². The van der Waals surface area contributed by atoms with Crippen LogP contribution in [0.2, 0.25) is 0 Å². The Morgan fingerprint density at radius 3 is 2.67 bits per heavy atom. The second-order valence-electron chi connectivity index (χ2n) is 4.78. The molecule has 0 atom stereocenters. The summed E-state index contributed by atoms with van der Waals surface area (Å²) in [6.07, 6.45) is 0.783. The van der Waals surface area contributed by atoms with Crippen LogP contribution in [0.3, 0.4) is 0 Å². The van der Waals surface area contributed by atoms with E-state index >= 15 is 0 Å². The van der Waals surface area contributed by atoms with Crippen molar-refractivity contribution in [2.45, 2.75) is 11.3 Å². The highest BCUT2D eigenvalue weighted by Crippen LogP contribution is 2.25. The Balaban J connectivity index is 1.85. The Hall–Kier alpha value is 0.01000. The number of morpholine rings is 1. The van der Waals surface area contributed by atoms with Crippen molar-refractivity contribution in [3.63, 3.8) is 0 Å². The van der Waals surface area contributed by atoms with E-state index in [2.05, 4.69) is 41.5 Å². The van der Waals surface area contributed by atoms with Crippen molar-refractivity contribution in [3.8, 4) is 0 Å². The molecule has 1 aliphatic heterocycles. The fourth-order valence-electron chi connectivity index (χ4n) is 2.09. The average molecular weight is 442 g/mol. The molecule has 118 valence electrons. The minimum Gasteiger partial charge on any atom is -0.379 e. The number of hydrogen-bond donors (Lipinski definition) is 1. The third-order valence-electron chi connectivity index (χ3n) is 3.23. The number of nitrogens with one attached hydrogen (secondary N) is 1. The van der Waals surface area contributed by atoms with E-state index < -0.39 is 10.0 Å². The Labute approximate surface area is 142 Å². The molecule has 1 N–H and O–H groups in total. The quantitative estimate of drug-likeness (QED) is 0.687. The lowest BCUT2D eigenvalue weighted by Gasteiger charge is -2.26. The maximum absolute atomic E-state index is 12.3. The van der Waals surface area contributed by atoms with E-state index in [-0.39, 0.29) is 4.90 Å². The second-order valence-corrected chi connectivity index (χ2v) is 8.29. The van der Waals surface area contributed by atoms with Crippen molar-refractivity contribution in [1.29, 1.82) is 0 Å². The maximum atomic E-state index is 12.3. The molecule has 21 heavy (non-hydrogen) atoms. The van der Waals surface area contributed by atoms with Crippen LogP contribution in [-0.4, -0.2) is 52.7 Å². The summed E-state index contributed by atoms with van der Waals surface area (Å²) in [5.74, 6) is 0. The van der Waals surface area contributed by atoms with Gasteiger partial charge in [0.15, 0.2) is 0 Å². The number of rotatable bonds is 6. The summed E-state index contributed by atoms with van der Waals surface area (Å²) in [5, 5.41) is 0. The van der Waals surface area contributed by atoms with Gasteiger partial charge >= 0.3 is 0 Å². The van der Waals surface area contributed by atoms with Crippen molar-refractivity contribution < 1.29 is 13.2 Å². The molecule has 1 heterocycles. The third kappa shape index (κ3) is 5.30. The molecule has 0 amide bonds. The highest BCUT2D eigenvalue weighted by Gasteiger charge is 2.17. The zero-order chi connectivity index (χ0) is 15.3. The third-order valence-corrected chi connectivity index (χ3v) is 6.18. The van der Waals surface area contributed by atoms with Crippen LogP contribution in [0.4, 0.5) is 0 Å². The molecule has 0 saturated carbocycles. The standard InChI is InChI=1S/C13H18Br2N2O3S/c14-11-2-3-12(15)13(10-11)21(18,19)16-4-1-5-17-6-8-20-9-7-17/h2-3,10,16H,1,4-9H2. The van der Waals surface area contributed by atoms with E-state index in [0.717, 1.165) is 43.7 Å². The highest BCUT2D eigenvalue weighted by atomic mass is 79.9. The van der Waals surface area contributed by atoms with Crippen LogP contribution < -0.4 is 4.72 Å². The normalized spacial score (nSPS) is 17.0. The molecule has 1 saturated heterocycles. The van der Waals surface area contributed by atoms with E-state index in [1.54, 1.807) is 18.2 Å². The van der Waals surface area contributed by atoms with Gasteiger partial charge in [-0.3, -0.25) is 4.90 Å². The van der Waals surface area contributed by atoms with Crippen molar-refractivity contribution in [2.24, 2.45) is 0 Å². The molecule has 1 aromatic rings. The summed E-state index contributed by atoms with van der Waals surface area (Å²) < 4.78 is 33.7. The van der Waals surface area contributed by atoms with Gasteiger partial charge in [-0.2, -0.15) is 0 Å². The monoisotopic (exact) mass is 440 g/mol. The lowest BCUT2D eigenvalue weighted by atomic mass is 10.3. The van der Waals surface area contributed by atoms with Crippen molar-refractivity contribution in [1.82, 2.24) is 9.62 Å². The van der Waals surface area contributed by atoms with Gasteiger partial charge in [-0.05, 0) is 47.1 Å². The van der Waals surface area contributed by atoms with E-state index in [9.17, 15) is 8.42 Å². The van der Waals surface area contributed by atoms with E-state index in [1.807, 2.05) is 0 Å². The molecule has 8 heteroatoms. The number of benzene rings is 1. The molecule has 0 radical (unpaired) electrons. The summed E-state index contributed by atoms with van der Waals surface area (Å²) in [6.45, 7) is 4.67. The predicted octanol–water partition coefficient (Wildman–Crippen LogP) is 2.21. The summed E-state index contributed by atoms with van der Waals surface area (Å²) in [7, 11) is -3.49. The Bertz CT molecular complexity index is 575.